The number of hydrogen-bond donors (Lipinski definition) is 2. The van der Waals surface area contributed by atoms with Gasteiger partial charge in [0, 0.05) is 17.5 Å². The van der Waals surface area contributed by atoms with Gasteiger partial charge in [-0.3, -0.25) is 9.59 Å². The van der Waals surface area contributed by atoms with E-state index in [1.54, 1.807) is 7.11 Å². The third-order valence-electron chi connectivity index (χ3n) is 5.76. The van der Waals surface area contributed by atoms with Crippen molar-refractivity contribution in [3.8, 4) is 5.75 Å². The highest BCUT2D eigenvalue weighted by molar-refractivity contribution is 5.96. The highest BCUT2D eigenvalue weighted by Crippen LogP contribution is 2.32. The van der Waals surface area contributed by atoms with Gasteiger partial charge in [-0.15, -0.1) is 0 Å². The fourth-order valence-electron chi connectivity index (χ4n) is 4.20. The Labute approximate surface area is 172 Å². The number of rotatable bonds is 5. The lowest BCUT2D eigenvalue weighted by Crippen LogP contribution is -2.32. The molecular formula is C24H30N2O3. The summed E-state index contributed by atoms with van der Waals surface area (Å²) in [4.78, 5) is 25.4. The third-order valence-corrected chi connectivity index (χ3v) is 5.76. The molecule has 0 unspecified atom stereocenters. The number of para-hydroxylation sites is 2. The van der Waals surface area contributed by atoms with Crippen molar-refractivity contribution in [3.05, 3.63) is 53.1 Å². The number of amides is 2. The van der Waals surface area contributed by atoms with Gasteiger partial charge in [-0.2, -0.15) is 0 Å². The van der Waals surface area contributed by atoms with E-state index in [1.807, 2.05) is 38.1 Å². The van der Waals surface area contributed by atoms with Gasteiger partial charge >= 0.3 is 0 Å². The van der Waals surface area contributed by atoms with Gasteiger partial charge in [0.05, 0.1) is 12.8 Å². The zero-order valence-corrected chi connectivity index (χ0v) is 17.7. The molecule has 0 aliphatic heterocycles. The Hall–Kier alpha value is -2.82. The lowest BCUT2D eigenvalue weighted by Gasteiger charge is -2.27. The van der Waals surface area contributed by atoms with Crippen molar-refractivity contribution in [3.63, 3.8) is 0 Å². The molecule has 2 aromatic rings. The quantitative estimate of drug-likeness (QED) is 0.749. The molecule has 2 aromatic carbocycles. The molecule has 3 rings (SSSR count). The molecule has 5 heteroatoms. The van der Waals surface area contributed by atoms with Crippen LogP contribution in [0.25, 0.3) is 0 Å². The first-order valence-electron chi connectivity index (χ1n) is 10.2. The maximum Gasteiger partial charge on any atom is 0.227 e. The summed E-state index contributed by atoms with van der Waals surface area (Å²) in [6, 6.07) is 11.6. The molecular weight excluding hydrogens is 364 g/mol. The van der Waals surface area contributed by atoms with Gasteiger partial charge in [0.1, 0.15) is 5.75 Å². The van der Waals surface area contributed by atoms with Crippen LogP contribution in [0.1, 0.15) is 42.4 Å². The van der Waals surface area contributed by atoms with Crippen LogP contribution in [0, 0.1) is 32.6 Å². The van der Waals surface area contributed by atoms with Crippen molar-refractivity contribution >= 4 is 23.2 Å². The fourth-order valence-corrected chi connectivity index (χ4v) is 4.20. The van der Waals surface area contributed by atoms with Gasteiger partial charge in [0.15, 0.2) is 0 Å². The summed E-state index contributed by atoms with van der Waals surface area (Å²) in [6.07, 6.45) is 2.87. The predicted molar refractivity (Wildman–Crippen MR) is 116 cm³/mol. The molecule has 0 heterocycles. The number of anilines is 2. The number of aryl methyl sites for hydroxylation is 3. The van der Waals surface area contributed by atoms with E-state index in [0.717, 1.165) is 29.7 Å². The minimum Gasteiger partial charge on any atom is -0.495 e. The highest BCUT2D eigenvalue weighted by atomic mass is 16.5. The number of carbonyl (C=O) groups is 2. The highest BCUT2D eigenvalue weighted by Gasteiger charge is 2.30. The van der Waals surface area contributed by atoms with Crippen molar-refractivity contribution < 1.29 is 14.3 Å². The summed E-state index contributed by atoms with van der Waals surface area (Å²) >= 11 is 0. The SMILES string of the molecule is COc1ccccc1NC(=O)C1CCC(C(=O)Nc2c(C)cc(C)cc2C)CC1. The first-order chi connectivity index (χ1) is 13.9. The largest absolute Gasteiger partial charge is 0.495 e. The molecule has 5 nitrogen and oxygen atoms in total. The van der Waals surface area contributed by atoms with Gasteiger partial charge in [-0.05, 0) is 69.7 Å². The second-order valence-corrected chi connectivity index (χ2v) is 8.00. The molecule has 29 heavy (non-hydrogen) atoms. The maximum atomic E-state index is 12.8. The zero-order chi connectivity index (χ0) is 21.0. The standard InChI is InChI=1S/C24H30N2O3/c1-15-13-16(2)22(17(3)14-15)26-24(28)19-11-9-18(10-12-19)23(27)25-20-7-5-6-8-21(20)29-4/h5-8,13-14,18-19H,9-12H2,1-4H3,(H,25,27)(H,26,28). The van der Waals surface area contributed by atoms with Crippen molar-refractivity contribution in [1.82, 2.24) is 0 Å². The fraction of sp³-hybridized carbons (Fsp3) is 0.417. The molecule has 0 saturated heterocycles. The maximum absolute atomic E-state index is 12.8. The predicted octanol–water partition coefficient (Wildman–Crippen LogP) is 5.00. The molecule has 1 aliphatic rings. The molecule has 0 radical (unpaired) electrons. The second kappa shape index (κ2) is 9.12. The molecule has 2 N–H and O–H groups in total. The van der Waals surface area contributed by atoms with Crippen LogP contribution in [-0.2, 0) is 9.59 Å². The number of carbonyl (C=O) groups excluding carboxylic acids is 2. The molecule has 0 atom stereocenters. The van der Waals surface area contributed by atoms with E-state index in [1.165, 1.54) is 5.56 Å². The lowest BCUT2D eigenvalue weighted by molar-refractivity contribution is -0.125. The summed E-state index contributed by atoms with van der Waals surface area (Å²) in [6.45, 7) is 6.10. The topological polar surface area (TPSA) is 67.4 Å². The van der Waals surface area contributed by atoms with Crippen LogP contribution >= 0.6 is 0 Å². The van der Waals surface area contributed by atoms with E-state index in [0.29, 0.717) is 24.3 Å². The summed E-state index contributed by atoms with van der Waals surface area (Å²) < 4.78 is 5.30. The van der Waals surface area contributed by atoms with E-state index in [4.69, 9.17) is 4.74 Å². The van der Waals surface area contributed by atoms with Gasteiger partial charge in [-0.1, -0.05) is 29.8 Å². The number of benzene rings is 2. The van der Waals surface area contributed by atoms with Crippen molar-refractivity contribution in [2.24, 2.45) is 11.8 Å². The minimum atomic E-state index is -0.0770. The molecule has 2 amide bonds. The minimum absolute atomic E-state index is 0.00131. The van der Waals surface area contributed by atoms with Crippen molar-refractivity contribution in [2.45, 2.75) is 46.5 Å². The molecule has 0 aromatic heterocycles. The Kier molecular flexibility index (Phi) is 6.57. The smallest absolute Gasteiger partial charge is 0.227 e. The van der Waals surface area contributed by atoms with Crippen LogP contribution in [-0.4, -0.2) is 18.9 Å². The van der Waals surface area contributed by atoms with E-state index < -0.39 is 0 Å². The number of ether oxygens (including phenoxy) is 1. The summed E-state index contributed by atoms with van der Waals surface area (Å²) in [5.41, 5.74) is 4.96. The Bertz CT molecular complexity index is 876. The second-order valence-electron chi connectivity index (χ2n) is 8.00. The lowest BCUT2D eigenvalue weighted by atomic mass is 9.81. The Morgan fingerprint density at radius 2 is 1.38 bits per heavy atom. The molecule has 1 saturated carbocycles. The van der Waals surface area contributed by atoms with Crippen LogP contribution in [0.5, 0.6) is 5.75 Å². The molecule has 1 aliphatic carbocycles. The zero-order valence-electron chi connectivity index (χ0n) is 17.7. The first-order valence-corrected chi connectivity index (χ1v) is 10.2. The van der Waals surface area contributed by atoms with Crippen LogP contribution in [0.3, 0.4) is 0 Å². The average molecular weight is 395 g/mol. The van der Waals surface area contributed by atoms with E-state index in [9.17, 15) is 9.59 Å². The van der Waals surface area contributed by atoms with E-state index >= 15 is 0 Å². The van der Waals surface area contributed by atoms with Crippen LogP contribution < -0.4 is 15.4 Å². The molecule has 1 fully saturated rings. The third kappa shape index (κ3) is 4.97. The number of methoxy groups -OCH3 is 1. The Morgan fingerprint density at radius 1 is 0.862 bits per heavy atom. The monoisotopic (exact) mass is 394 g/mol. The van der Waals surface area contributed by atoms with Gasteiger partial charge in [0.25, 0.3) is 0 Å². The van der Waals surface area contributed by atoms with Crippen LogP contribution in [0.2, 0.25) is 0 Å². The van der Waals surface area contributed by atoms with Gasteiger partial charge in [0.2, 0.25) is 11.8 Å². The van der Waals surface area contributed by atoms with E-state index in [-0.39, 0.29) is 23.7 Å². The van der Waals surface area contributed by atoms with Gasteiger partial charge < -0.3 is 15.4 Å². The summed E-state index contributed by atoms with van der Waals surface area (Å²) in [5, 5.41) is 6.09. The normalized spacial score (nSPS) is 18.8. The summed E-state index contributed by atoms with van der Waals surface area (Å²) in [7, 11) is 1.59. The Balaban J connectivity index is 1.56. The van der Waals surface area contributed by atoms with Crippen LogP contribution in [0.15, 0.2) is 36.4 Å². The van der Waals surface area contributed by atoms with Crippen molar-refractivity contribution in [1.29, 1.82) is 0 Å². The molecule has 154 valence electrons. The van der Waals surface area contributed by atoms with Crippen molar-refractivity contribution in [2.75, 3.05) is 17.7 Å². The molecule has 0 spiro atoms. The number of nitrogens with one attached hydrogen (secondary N) is 2. The number of hydrogen-bond acceptors (Lipinski definition) is 3. The summed E-state index contributed by atoms with van der Waals surface area (Å²) in [5.74, 6) is 0.581. The van der Waals surface area contributed by atoms with Crippen LogP contribution in [0.4, 0.5) is 11.4 Å². The van der Waals surface area contributed by atoms with Gasteiger partial charge in [-0.25, -0.2) is 0 Å². The molecule has 0 bridgehead atoms. The average Bonchev–Trinajstić information content (AvgIpc) is 2.71. The first kappa shape index (κ1) is 20.9. The van der Waals surface area contributed by atoms with E-state index in [2.05, 4.69) is 29.7 Å². The Morgan fingerprint density at radius 3 is 1.93 bits per heavy atom.